The first-order valence-corrected chi connectivity index (χ1v) is 3.17. The van der Waals surface area contributed by atoms with E-state index >= 15 is 0 Å². The minimum Gasteiger partial charge on any atom is -1.00 e. The number of nitrogens with one attached hydrogen (secondary N) is 1. The number of hydrogen-bond acceptors (Lipinski definition) is 1. The van der Waals surface area contributed by atoms with Crippen molar-refractivity contribution in [3.8, 4) is 0 Å². The van der Waals surface area contributed by atoms with Crippen molar-refractivity contribution in [1.82, 2.24) is 5.43 Å². The van der Waals surface area contributed by atoms with Gasteiger partial charge in [-0.2, -0.15) is 0 Å². The number of amides is 1. The summed E-state index contributed by atoms with van der Waals surface area (Å²) in [5.41, 5.74) is 2.84. The fraction of sp³-hybridized carbons (Fsp3) is 0.833. The van der Waals surface area contributed by atoms with Gasteiger partial charge < -0.3 is 12.4 Å². The molecule has 1 fully saturated rings. The van der Waals surface area contributed by atoms with E-state index in [1.165, 1.54) is 0 Å². The zero-order chi connectivity index (χ0) is 7.07. The second-order valence-electron chi connectivity index (χ2n) is 3.13. The van der Waals surface area contributed by atoms with Crippen molar-refractivity contribution in [2.75, 3.05) is 14.1 Å². The topological polar surface area (TPSA) is 29.1 Å². The summed E-state index contributed by atoms with van der Waals surface area (Å²) < 4.78 is 0.624. The Bertz CT molecular complexity index is 147. The lowest BCUT2D eigenvalue weighted by molar-refractivity contribution is -0.937. The molecule has 0 aromatic heterocycles. The molecule has 0 radical (unpaired) electrons. The number of rotatable bonds is 0. The van der Waals surface area contributed by atoms with Gasteiger partial charge in [0.15, 0.2) is 0 Å². The van der Waals surface area contributed by atoms with E-state index in [1.54, 1.807) is 0 Å². The maximum absolute atomic E-state index is 10.7. The van der Waals surface area contributed by atoms with E-state index in [9.17, 15) is 4.79 Å². The molecule has 60 valence electrons. The molecule has 1 unspecified atom stereocenters. The Morgan fingerprint density at radius 3 is 2.20 bits per heavy atom. The van der Waals surface area contributed by atoms with Gasteiger partial charge >= 0.3 is 0 Å². The van der Waals surface area contributed by atoms with Crippen LogP contribution < -0.4 is 17.8 Å². The van der Waals surface area contributed by atoms with Gasteiger partial charge in [0.05, 0.1) is 20.5 Å². The van der Waals surface area contributed by atoms with Crippen molar-refractivity contribution in [3.05, 3.63) is 0 Å². The smallest absolute Gasteiger partial charge is 0.271 e. The maximum atomic E-state index is 10.7. The van der Waals surface area contributed by atoms with Gasteiger partial charge in [-0.3, -0.25) is 4.79 Å². The maximum Gasteiger partial charge on any atom is 0.271 e. The molecular formula is C6H13ClN2O. The van der Waals surface area contributed by atoms with Crippen LogP contribution in [-0.2, 0) is 4.79 Å². The summed E-state index contributed by atoms with van der Waals surface area (Å²) in [5, 5.41) is 0. The van der Waals surface area contributed by atoms with Crippen molar-refractivity contribution in [2.45, 2.75) is 19.4 Å². The Balaban J connectivity index is 0.000000810. The van der Waals surface area contributed by atoms with Gasteiger partial charge in [0.1, 0.15) is 6.04 Å². The van der Waals surface area contributed by atoms with Gasteiger partial charge in [-0.1, -0.05) is 0 Å². The normalized spacial score (nSPS) is 29.1. The van der Waals surface area contributed by atoms with Crippen LogP contribution in [0, 0.1) is 0 Å². The van der Waals surface area contributed by atoms with Crippen molar-refractivity contribution in [3.63, 3.8) is 0 Å². The molecule has 10 heavy (non-hydrogen) atoms. The van der Waals surface area contributed by atoms with Crippen LogP contribution in [0.5, 0.6) is 0 Å². The van der Waals surface area contributed by atoms with Crippen molar-refractivity contribution in [1.29, 1.82) is 0 Å². The largest absolute Gasteiger partial charge is 1.00 e. The summed E-state index contributed by atoms with van der Waals surface area (Å²) in [6.07, 6.45) is 0.660. The zero-order valence-corrected chi connectivity index (χ0v) is 7.27. The van der Waals surface area contributed by atoms with Gasteiger partial charge in [-0.05, 0) is 6.92 Å². The molecule has 0 aliphatic carbocycles. The van der Waals surface area contributed by atoms with E-state index in [0.717, 1.165) is 0 Å². The summed E-state index contributed by atoms with van der Waals surface area (Å²) in [4.78, 5) is 10.7. The highest BCUT2D eigenvalue weighted by Crippen LogP contribution is 2.12. The van der Waals surface area contributed by atoms with Crippen molar-refractivity contribution in [2.24, 2.45) is 0 Å². The third-order valence-corrected chi connectivity index (χ3v) is 2.00. The predicted molar refractivity (Wildman–Crippen MR) is 34.3 cm³/mol. The molecule has 1 atom stereocenters. The van der Waals surface area contributed by atoms with Crippen LogP contribution in [-0.4, -0.2) is 30.6 Å². The number of halogens is 1. The highest BCUT2D eigenvalue weighted by atomic mass is 35.5. The summed E-state index contributed by atoms with van der Waals surface area (Å²) in [6, 6.07) is 0.414. The summed E-state index contributed by atoms with van der Waals surface area (Å²) in [5.74, 6) is 0.160. The van der Waals surface area contributed by atoms with Crippen LogP contribution in [0.15, 0.2) is 0 Å². The standard InChI is InChI=1S/C6H12N2O.ClH/c1-5-4-6(9)7-8(5,2)3;/h5H,4H2,1-3H3;1H. The molecule has 0 saturated carbocycles. The van der Waals surface area contributed by atoms with Crippen LogP contribution >= 0.6 is 0 Å². The quantitative estimate of drug-likeness (QED) is 0.378. The molecule has 1 heterocycles. The molecule has 1 N–H and O–H groups in total. The number of nitrogens with zero attached hydrogens (tertiary/aromatic N) is 1. The fourth-order valence-electron chi connectivity index (χ4n) is 0.974. The van der Waals surface area contributed by atoms with E-state index in [1.807, 2.05) is 14.1 Å². The Kier molecular flexibility index (Phi) is 2.68. The Morgan fingerprint density at radius 2 is 2.10 bits per heavy atom. The predicted octanol–water partition coefficient (Wildman–Crippen LogP) is -3.11. The first kappa shape index (κ1) is 9.72. The molecule has 0 aromatic rings. The molecule has 3 nitrogen and oxygen atoms in total. The summed E-state index contributed by atoms with van der Waals surface area (Å²) in [7, 11) is 3.99. The van der Waals surface area contributed by atoms with Crippen LogP contribution in [0.4, 0.5) is 0 Å². The molecule has 0 bridgehead atoms. The highest BCUT2D eigenvalue weighted by Gasteiger charge is 2.35. The minimum absolute atomic E-state index is 0. The van der Waals surface area contributed by atoms with Crippen LogP contribution in [0.1, 0.15) is 13.3 Å². The van der Waals surface area contributed by atoms with Gasteiger partial charge in [-0.25, -0.2) is 10.0 Å². The Labute approximate surface area is 67.4 Å². The second-order valence-corrected chi connectivity index (χ2v) is 3.13. The number of carbonyl (C=O) groups is 1. The number of hydrogen-bond donors (Lipinski definition) is 1. The summed E-state index contributed by atoms with van der Waals surface area (Å²) in [6.45, 7) is 2.07. The van der Waals surface area contributed by atoms with Crippen LogP contribution in [0.2, 0.25) is 0 Å². The monoisotopic (exact) mass is 164 g/mol. The van der Waals surface area contributed by atoms with E-state index in [0.29, 0.717) is 17.1 Å². The first-order chi connectivity index (χ1) is 4.02. The third-order valence-electron chi connectivity index (χ3n) is 2.00. The Morgan fingerprint density at radius 1 is 1.60 bits per heavy atom. The van der Waals surface area contributed by atoms with E-state index in [-0.39, 0.29) is 18.3 Å². The van der Waals surface area contributed by atoms with Gasteiger partial charge in [-0.15, -0.1) is 0 Å². The molecule has 1 aliphatic heterocycles. The van der Waals surface area contributed by atoms with Gasteiger partial charge in [0.25, 0.3) is 5.91 Å². The molecule has 1 saturated heterocycles. The Hall–Kier alpha value is -0.280. The van der Waals surface area contributed by atoms with Crippen LogP contribution in [0.25, 0.3) is 0 Å². The molecule has 0 spiro atoms. The SMILES string of the molecule is CC1CC(=O)N[N+]1(C)C.[Cl-]. The van der Waals surface area contributed by atoms with E-state index in [2.05, 4.69) is 12.3 Å². The molecular weight excluding hydrogens is 152 g/mol. The molecule has 4 heteroatoms. The van der Waals surface area contributed by atoms with E-state index in [4.69, 9.17) is 0 Å². The van der Waals surface area contributed by atoms with Crippen LogP contribution in [0.3, 0.4) is 0 Å². The lowest BCUT2D eigenvalue weighted by atomic mass is 10.2. The number of quaternary nitrogens is 1. The summed E-state index contributed by atoms with van der Waals surface area (Å²) >= 11 is 0. The fourth-order valence-corrected chi connectivity index (χ4v) is 0.974. The van der Waals surface area contributed by atoms with E-state index < -0.39 is 0 Å². The molecule has 1 amide bonds. The zero-order valence-electron chi connectivity index (χ0n) is 6.52. The second kappa shape index (κ2) is 2.76. The first-order valence-electron chi connectivity index (χ1n) is 3.17. The van der Waals surface area contributed by atoms with Gasteiger partial charge in [0.2, 0.25) is 0 Å². The lowest BCUT2D eigenvalue weighted by Crippen LogP contribution is -3.00. The molecule has 1 aliphatic rings. The lowest BCUT2D eigenvalue weighted by Gasteiger charge is -2.26. The van der Waals surface area contributed by atoms with Crippen molar-refractivity contribution >= 4 is 5.91 Å². The number of carbonyl (C=O) groups excluding carboxylic acids is 1. The average molecular weight is 165 g/mol. The van der Waals surface area contributed by atoms with Crippen molar-refractivity contribution < 1.29 is 21.8 Å². The third kappa shape index (κ3) is 1.61. The molecule has 0 aromatic carbocycles. The molecule has 1 rings (SSSR count). The highest BCUT2D eigenvalue weighted by molar-refractivity contribution is 5.76. The van der Waals surface area contributed by atoms with Gasteiger partial charge in [0, 0.05) is 0 Å². The average Bonchev–Trinajstić information content (AvgIpc) is 1.79. The minimum atomic E-state index is 0.